The molecule has 0 radical (unpaired) electrons. The second-order valence-corrected chi connectivity index (χ2v) is 8.00. The number of hydrogen-bond acceptors (Lipinski definition) is 5. The minimum atomic E-state index is -3.77. The van der Waals surface area contributed by atoms with Crippen LogP contribution in [-0.4, -0.2) is 42.8 Å². The van der Waals surface area contributed by atoms with Gasteiger partial charge in [0.2, 0.25) is 10.0 Å². The molecule has 27 heavy (non-hydrogen) atoms. The van der Waals surface area contributed by atoms with E-state index < -0.39 is 27.7 Å². The fourth-order valence-electron chi connectivity index (χ4n) is 2.84. The molecule has 1 amide bonds. The summed E-state index contributed by atoms with van der Waals surface area (Å²) in [5, 5.41) is 11.2. The van der Waals surface area contributed by atoms with Crippen LogP contribution in [0.25, 0.3) is 0 Å². The molecule has 0 saturated carbocycles. The Labute approximate surface area is 154 Å². The predicted octanol–water partition coefficient (Wildman–Crippen LogP) is 2.46. The summed E-state index contributed by atoms with van der Waals surface area (Å²) in [7, 11) is -3.77. The third-order valence-electron chi connectivity index (χ3n) is 4.24. The molecule has 1 fully saturated rings. The number of rotatable bonds is 5. The molecule has 0 spiro atoms. The van der Waals surface area contributed by atoms with Crippen molar-refractivity contribution < 1.29 is 31.9 Å². The Morgan fingerprint density at radius 1 is 1.22 bits per heavy atom. The first-order chi connectivity index (χ1) is 12.7. The number of benzene rings is 1. The van der Waals surface area contributed by atoms with Crippen LogP contribution in [0.3, 0.4) is 0 Å². The van der Waals surface area contributed by atoms with Crippen molar-refractivity contribution in [2.45, 2.75) is 24.7 Å². The van der Waals surface area contributed by atoms with Gasteiger partial charge in [-0.05, 0) is 38.0 Å². The SMILES string of the molecule is Cc1oc(C(=O)Nc2cc(C(=O)O)ccc2F)cc1S(=O)(=O)N1CCCC1. The van der Waals surface area contributed by atoms with Crippen molar-refractivity contribution in [2.75, 3.05) is 18.4 Å². The molecule has 10 heteroatoms. The van der Waals surface area contributed by atoms with Crippen molar-refractivity contribution in [3.05, 3.63) is 47.2 Å². The number of aromatic carboxylic acids is 1. The molecule has 2 aromatic rings. The summed E-state index contributed by atoms with van der Waals surface area (Å²) in [6.07, 6.45) is 1.53. The lowest BCUT2D eigenvalue weighted by Gasteiger charge is -2.14. The number of nitrogens with zero attached hydrogens (tertiary/aromatic N) is 1. The summed E-state index contributed by atoms with van der Waals surface area (Å²) in [5.74, 6) is -3.26. The second-order valence-electron chi connectivity index (χ2n) is 6.10. The van der Waals surface area contributed by atoms with Gasteiger partial charge in [0.15, 0.2) is 5.76 Å². The maximum atomic E-state index is 13.8. The number of hydrogen-bond donors (Lipinski definition) is 2. The Balaban J connectivity index is 1.87. The van der Waals surface area contributed by atoms with E-state index in [1.54, 1.807) is 0 Å². The van der Waals surface area contributed by atoms with Crippen LogP contribution < -0.4 is 5.32 Å². The highest BCUT2D eigenvalue weighted by atomic mass is 32.2. The number of amides is 1. The minimum Gasteiger partial charge on any atom is -0.478 e. The molecule has 1 aromatic heterocycles. The normalized spacial score (nSPS) is 15.0. The van der Waals surface area contributed by atoms with Crippen LogP contribution in [-0.2, 0) is 10.0 Å². The second kappa shape index (κ2) is 7.12. The quantitative estimate of drug-likeness (QED) is 0.802. The zero-order chi connectivity index (χ0) is 19.8. The number of carboxylic acids is 1. The monoisotopic (exact) mass is 396 g/mol. The van der Waals surface area contributed by atoms with Crippen molar-refractivity contribution in [1.29, 1.82) is 0 Å². The Hall–Kier alpha value is -2.72. The van der Waals surface area contributed by atoms with Crippen molar-refractivity contribution >= 4 is 27.6 Å². The van der Waals surface area contributed by atoms with E-state index in [2.05, 4.69) is 5.32 Å². The van der Waals surface area contributed by atoms with Crippen LogP contribution in [0.15, 0.2) is 33.6 Å². The van der Waals surface area contributed by atoms with Gasteiger partial charge < -0.3 is 14.8 Å². The summed E-state index contributed by atoms with van der Waals surface area (Å²) in [4.78, 5) is 23.2. The van der Waals surface area contributed by atoms with Crippen LogP contribution in [0, 0.1) is 12.7 Å². The molecule has 8 nitrogen and oxygen atoms in total. The molecular weight excluding hydrogens is 379 g/mol. The van der Waals surface area contributed by atoms with Gasteiger partial charge in [0.25, 0.3) is 5.91 Å². The summed E-state index contributed by atoms with van der Waals surface area (Å²) in [6, 6.07) is 4.03. The first-order valence-corrected chi connectivity index (χ1v) is 9.59. The third kappa shape index (κ3) is 3.71. The van der Waals surface area contributed by atoms with Gasteiger partial charge in [-0.2, -0.15) is 4.31 Å². The molecule has 3 rings (SSSR count). The molecule has 1 aliphatic heterocycles. The number of anilines is 1. The molecular formula is C17H17FN2O6S. The van der Waals surface area contributed by atoms with Crippen LogP contribution >= 0.6 is 0 Å². The maximum absolute atomic E-state index is 13.8. The van der Waals surface area contributed by atoms with Gasteiger partial charge in [0.1, 0.15) is 16.5 Å². The number of furan rings is 1. The maximum Gasteiger partial charge on any atom is 0.335 e. The minimum absolute atomic E-state index is 0.0480. The van der Waals surface area contributed by atoms with E-state index >= 15 is 0 Å². The van der Waals surface area contributed by atoms with Crippen LogP contribution in [0.2, 0.25) is 0 Å². The summed E-state index contributed by atoms with van der Waals surface area (Å²) >= 11 is 0. The van der Waals surface area contributed by atoms with Gasteiger partial charge in [-0.25, -0.2) is 17.6 Å². The summed E-state index contributed by atoms with van der Waals surface area (Å²) in [5.41, 5.74) is -0.558. The number of nitrogens with one attached hydrogen (secondary N) is 1. The molecule has 0 atom stereocenters. The van der Waals surface area contributed by atoms with Crippen molar-refractivity contribution in [2.24, 2.45) is 0 Å². The average molecular weight is 396 g/mol. The van der Waals surface area contributed by atoms with Crippen molar-refractivity contribution in [3.63, 3.8) is 0 Å². The van der Waals surface area contributed by atoms with E-state index in [0.717, 1.165) is 37.1 Å². The topological polar surface area (TPSA) is 117 Å². The Kier molecular flexibility index (Phi) is 5.03. The van der Waals surface area contributed by atoms with Gasteiger partial charge in [-0.1, -0.05) is 0 Å². The molecule has 1 saturated heterocycles. The molecule has 2 N–H and O–H groups in total. The molecule has 1 aromatic carbocycles. The molecule has 144 valence electrons. The predicted molar refractivity (Wildman–Crippen MR) is 92.8 cm³/mol. The average Bonchev–Trinajstić information content (AvgIpc) is 3.26. The fraction of sp³-hybridized carbons (Fsp3) is 0.294. The molecule has 1 aliphatic rings. The van der Waals surface area contributed by atoms with Crippen LogP contribution in [0.5, 0.6) is 0 Å². The molecule has 0 unspecified atom stereocenters. The first-order valence-electron chi connectivity index (χ1n) is 8.15. The third-order valence-corrected chi connectivity index (χ3v) is 6.25. The van der Waals surface area contributed by atoms with E-state index in [9.17, 15) is 22.4 Å². The highest BCUT2D eigenvalue weighted by molar-refractivity contribution is 7.89. The van der Waals surface area contributed by atoms with Gasteiger partial charge in [-0.15, -0.1) is 0 Å². The van der Waals surface area contributed by atoms with Crippen LogP contribution in [0.4, 0.5) is 10.1 Å². The summed E-state index contributed by atoms with van der Waals surface area (Å²) in [6.45, 7) is 2.23. The zero-order valence-corrected chi connectivity index (χ0v) is 15.2. The number of halogens is 1. The van der Waals surface area contributed by atoms with Gasteiger partial charge >= 0.3 is 5.97 Å². The van der Waals surface area contributed by atoms with Crippen molar-refractivity contribution in [3.8, 4) is 0 Å². The van der Waals surface area contributed by atoms with Gasteiger partial charge in [-0.3, -0.25) is 4.79 Å². The van der Waals surface area contributed by atoms with Gasteiger partial charge in [0, 0.05) is 19.2 Å². The number of sulfonamides is 1. The molecule has 2 heterocycles. The molecule has 0 aliphatic carbocycles. The lowest BCUT2D eigenvalue weighted by Crippen LogP contribution is -2.28. The smallest absolute Gasteiger partial charge is 0.335 e. The fourth-order valence-corrected chi connectivity index (χ4v) is 4.52. The lowest BCUT2D eigenvalue weighted by atomic mass is 10.2. The van der Waals surface area contributed by atoms with E-state index in [4.69, 9.17) is 9.52 Å². The van der Waals surface area contributed by atoms with Crippen molar-refractivity contribution in [1.82, 2.24) is 4.31 Å². The first kappa shape index (κ1) is 19.1. The Morgan fingerprint density at radius 2 is 1.89 bits per heavy atom. The Morgan fingerprint density at radius 3 is 2.52 bits per heavy atom. The van der Waals surface area contributed by atoms with Gasteiger partial charge in [0.05, 0.1) is 11.3 Å². The van der Waals surface area contributed by atoms with Crippen LogP contribution in [0.1, 0.15) is 39.5 Å². The number of carboxylic acid groups (broad SMARTS) is 1. The largest absolute Gasteiger partial charge is 0.478 e. The van der Waals surface area contributed by atoms with E-state index in [1.165, 1.54) is 11.2 Å². The lowest BCUT2D eigenvalue weighted by molar-refractivity contribution is 0.0696. The Bertz CT molecular complexity index is 1010. The zero-order valence-electron chi connectivity index (χ0n) is 14.4. The van der Waals surface area contributed by atoms with E-state index in [1.807, 2.05) is 0 Å². The number of carbonyl (C=O) groups excluding carboxylic acids is 1. The number of aryl methyl sites for hydroxylation is 1. The van der Waals surface area contributed by atoms with E-state index in [0.29, 0.717) is 13.1 Å². The standard InChI is InChI=1S/C17H17FN2O6S/c1-10-15(27(24,25)20-6-2-3-7-20)9-14(26-10)16(21)19-13-8-11(17(22)23)4-5-12(13)18/h4-5,8-9H,2-3,6-7H2,1H3,(H,19,21)(H,22,23). The highest BCUT2D eigenvalue weighted by Crippen LogP contribution is 2.27. The summed E-state index contributed by atoms with van der Waals surface area (Å²) < 4.78 is 45.7. The molecule has 0 bridgehead atoms. The number of carbonyl (C=O) groups is 2. The highest BCUT2D eigenvalue weighted by Gasteiger charge is 2.31. The van der Waals surface area contributed by atoms with E-state index in [-0.39, 0.29) is 27.7 Å².